The van der Waals surface area contributed by atoms with Crippen molar-refractivity contribution in [2.45, 2.75) is 37.0 Å². The molecular weight excluding hydrogens is 399 g/mol. The van der Waals surface area contributed by atoms with Gasteiger partial charge in [-0.25, -0.2) is 4.98 Å². The van der Waals surface area contributed by atoms with Crippen molar-refractivity contribution in [2.75, 3.05) is 0 Å². The number of hydrogen-bond donors (Lipinski definition) is 4. The molecule has 4 N–H and O–H groups in total. The van der Waals surface area contributed by atoms with Crippen molar-refractivity contribution in [3.63, 3.8) is 0 Å². The molecule has 28 heavy (non-hydrogen) atoms. The molecule has 12 heteroatoms. The van der Waals surface area contributed by atoms with E-state index in [4.69, 9.17) is 14.0 Å². The molecule has 0 amide bonds. The Morgan fingerprint density at radius 1 is 1.11 bits per heavy atom. The van der Waals surface area contributed by atoms with Crippen molar-refractivity contribution >= 4 is 10.1 Å². The summed E-state index contributed by atoms with van der Waals surface area (Å²) in [5.41, 5.74) is -0.740. The number of aromatic nitrogens is 2. The van der Waals surface area contributed by atoms with Gasteiger partial charge in [0.1, 0.15) is 18.3 Å². The van der Waals surface area contributed by atoms with Gasteiger partial charge >= 0.3 is 0 Å². The molecule has 0 radical (unpaired) electrons. The van der Waals surface area contributed by atoms with Gasteiger partial charge in [-0.2, -0.15) is 12.8 Å². The molecule has 2 aromatic heterocycles. The lowest BCUT2D eigenvalue weighted by molar-refractivity contribution is -0.254. The summed E-state index contributed by atoms with van der Waals surface area (Å²) >= 11 is 0. The second-order valence-corrected chi connectivity index (χ2v) is 7.65. The van der Waals surface area contributed by atoms with E-state index in [1.54, 1.807) is 19.1 Å². The Hall–Kier alpha value is -2.22. The molecule has 1 saturated heterocycles. The maximum Gasteiger partial charge on any atom is 0.295 e. The molecule has 1 aliphatic rings. The fourth-order valence-electron chi connectivity index (χ4n) is 2.58. The normalized spacial score (nSPS) is 28.1. The van der Waals surface area contributed by atoms with Crippen molar-refractivity contribution in [2.24, 2.45) is 0 Å². The zero-order valence-electron chi connectivity index (χ0n) is 14.4. The zero-order chi connectivity index (χ0) is 20.6. The topological polar surface area (TPSA) is 159 Å². The number of aliphatic hydroxyl groups is 3. The van der Waals surface area contributed by atoms with Gasteiger partial charge in [-0.15, -0.1) is 0 Å². The fraction of sp³-hybridized carbons (Fsp3) is 0.375. The zero-order valence-corrected chi connectivity index (χ0v) is 15.2. The number of hydrogen-bond acceptors (Lipinski definition) is 9. The highest BCUT2D eigenvalue weighted by atomic mass is 32.2. The van der Waals surface area contributed by atoms with E-state index < -0.39 is 51.9 Å². The van der Waals surface area contributed by atoms with Crippen LogP contribution in [0.25, 0.3) is 11.3 Å². The summed E-state index contributed by atoms with van der Waals surface area (Å²) in [5.74, 6) is -1.61. The van der Waals surface area contributed by atoms with Crippen LogP contribution >= 0.6 is 0 Å². The minimum Gasteiger partial charge on any atom is -0.457 e. The third-order valence-corrected chi connectivity index (χ3v) is 5.06. The molecule has 2 aromatic rings. The first kappa shape index (κ1) is 20.5. The molecule has 3 rings (SSSR count). The Kier molecular flexibility index (Phi) is 5.61. The van der Waals surface area contributed by atoms with Gasteiger partial charge in [-0.05, 0) is 31.2 Å². The molecule has 1 fully saturated rings. The van der Waals surface area contributed by atoms with Crippen molar-refractivity contribution in [3.05, 3.63) is 42.1 Å². The van der Waals surface area contributed by atoms with E-state index in [-0.39, 0.29) is 5.69 Å². The molecule has 152 valence electrons. The standard InChI is InChI=1S/C16H17FN2O8S/c1-7-2-3-8(6-18-7)9-4-5-10(14(17)19-9)26-15-12(21)11(20)13(22)16(27-15)28(23,24)25/h2-6,11-13,15-16,20-22H,1H3,(H,23,24,25)/t11-,12-,13+,15-,16?/m1/s1. The van der Waals surface area contributed by atoms with Crippen molar-refractivity contribution in [3.8, 4) is 17.0 Å². The quantitative estimate of drug-likeness (QED) is 0.382. The first-order valence-corrected chi connectivity index (χ1v) is 9.50. The Bertz CT molecular complexity index is 956. The van der Waals surface area contributed by atoms with Crippen LogP contribution in [0.3, 0.4) is 0 Å². The molecule has 10 nitrogen and oxygen atoms in total. The Balaban J connectivity index is 1.83. The fourth-order valence-corrected chi connectivity index (χ4v) is 3.34. The van der Waals surface area contributed by atoms with Crippen LogP contribution in [-0.4, -0.2) is 68.3 Å². The number of pyridine rings is 2. The van der Waals surface area contributed by atoms with Crippen LogP contribution in [0.4, 0.5) is 4.39 Å². The van der Waals surface area contributed by atoms with E-state index >= 15 is 0 Å². The second-order valence-electron chi connectivity index (χ2n) is 6.15. The number of nitrogens with zero attached hydrogens (tertiary/aromatic N) is 2. The molecule has 0 aromatic carbocycles. The number of aliphatic hydroxyl groups excluding tert-OH is 3. The van der Waals surface area contributed by atoms with Gasteiger partial charge in [0.25, 0.3) is 16.1 Å². The van der Waals surface area contributed by atoms with Gasteiger partial charge in [0.05, 0.1) is 5.69 Å². The van der Waals surface area contributed by atoms with E-state index in [2.05, 4.69) is 9.97 Å². The highest BCUT2D eigenvalue weighted by Gasteiger charge is 2.50. The highest BCUT2D eigenvalue weighted by molar-refractivity contribution is 7.86. The van der Waals surface area contributed by atoms with Gasteiger partial charge in [0, 0.05) is 17.5 Å². The SMILES string of the molecule is Cc1ccc(-c2ccc(O[C@@H]3OC(S(=O)(=O)O)[C@@H](O)[C@H](O)[C@H]3O)c(F)n2)cn1. The molecule has 1 aliphatic heterocycles. The first-order valence-electron chi connectivity index (χ1n) is 8.00. The number of halogens is 1. The average molecular weight is 416 g/mol. The largest absolute Gasteiger partial charge is 0.457 e. The van der Waals surface area contributed by atoms with E-state index in [9.17, 15) is 28.1 Å². The summed E-state index contributed by atoms with van der Waals surface area (Å²) in [5, 5.41) is 29.3. The lowest BCUT2D eigenvalue weighted by Crippen LogP contribution is -2.61. The minimum atomic E-state index is -4.95. The molecule has 0 bridgehead atoms. The monoisotopic (exact) mass is 416 g/mol. The molecule has 5 atom stereocenters. The Morgan fingerprint density at radius 3 is 2.39 bits per heavy atom. The van der Waals surface area contributed by atoms with Gasteiger partial charge in [0.2, 0.25) is 11.7 Å². The highest BCUT2D eigenvalue weighted by Crippen LogP contribution is 2.28. The predicted molar refractivity (Wildman–Crippen MR) is 91.0 cm³/mol. The summed E-state index contributed by atoms with van der Waals surface area (Å²) < 4.78 is 55.8. The molecule has 1 unspecified atom stereocenters. The maximum atomic E-state index is 14.3. The van der Waals surface area contributed by atoms with Crippen LogP contribution < -0.4 is 4.74 Å². The van der Waals surface area contributed by atoms with Crippen LogP contribution in [0.15, 0.2) is 30.5 Å². The smallest absolute Gasteiger partial charge is 0.295 e. The van der Waals surface area contributed by atoms with Crippen molar-refractivity contribution in [1.29, 1.82) is 0 Å². The van der Waals surface area contributed by atoms with Gasteiger partial charge in [-0.1, -0.05) is 0 Å². The third kappa shape index (κ3) is 4.11. The van der Waals surface area contributed by atoms with Crippen LogP contribution in [0.5, 0.6) is 5.75 Å². The van der Waals surface area contributed by atoms with E-state index in [0.29, 0.717) is 5.56 Å². The summed E-state index contributed by atoms with van der Waals surface area (Å²) in [6, 6.07) is 5.96. The van der Waals surface area contributed by atoms with Crippen molar-refractivity contribution < 1.29 is 42.2 Å². The Labute approximate surface area is 159 Å². The second kappa shape index (κ2) is 7.66. The van der Waals surface area contributed by atoms with Crippen LogP contribution in [0.2, 0.25) is 0 Å². The minimum absolute atomic E-state index is 0.244. The van der Waals surface area contributed by atoms with E-state index in [1.165, 1.54) is 12.3 Å². The van der Waals surface area contributed by atoms with E-state index in [1.807, 2.05) is 0 Å². The van der Waals surface area contributed by atoms with Gasteiger partial charge in [-0.3, -0.25) is 9.54 Å². The Morgan fingerprint density at radius 2 is 1.82 bits per heavy atom. The van der Waals surface area contributed by atoms with Crippen LogP contribution in [0, 0.1) is 12.9 Å². The number of ether oxygens (including phenoxy) is 2. The molecular formula is C16H17FN2O8S. The molecule has 0 spiro atoms. The van der Waals surface area contributed by atoms with Gasteiger partial charge < -0.3 is 24.8 Å². The third-order valence-electron chi connectivity index (χ3n) is 4.08. The molecule has 0 aliphatic carbocycles. The molecule has 0 saturated carbocycles. The summed E-state index contributed by atoms with van der Waals surface area (Å²) in [6.45, 7) is 1.79. The lowest BCUT2D eigenvalue weighted by atomic mass is 10.1. The van der Waals surface area contributed by atoms with E-state index in [0.717, 1.165) is 11.8 Å². The summed E-state index contributed by atoms with van der Waals surface area (Å²) in [7, 11) is -4.95. The summed E-state index contributed by atoms with van der Waals surface area (Å²) in [4.78, 5) is 7.80. The van der Waals surface area contributed by atoms with Crippen molar-refractivity contribution in [1.82, 2.24) is 9.97 Å². The number of rotatable bonds is 4. The van der Waals surface area contributed by atoms with Crippen LogP contribution in [0.1, 0.15) is 5.69 Å². The first-order chi connectivity index (χ1) is 13.1. The molecule has 3 heterocycles. The maximum absolute atomic E-state index is 14.3. The number of aryl methyl sites for hydroxylation is 1. The van der Waals surface area contributed by atoms with Gasteiger partial charge in [0.15, 0.2) is 5.75 Å². The lowest BCUT2D eigenvalue weighted by Gasteiger charge is -2.38. The average Bonchev–Trinajstić information content (AvgIpc) is 2.63. The summed E-state index contributed by atoms with van der Waals surface area (Å²) in [6.07, 6.45) is -6.48. The predicted octanol–water partition coefficient (Wildman–Crippen LogP) is -0.377. The van der Waals surface area contributed by atoms with Crippen LogP contribution in [-0.2, 0) is 14.9 Å².